The Kier molecular flexibility index (Phi) is 8.11. The normalized spacial score (nSPS) is 28.7. The number of imide groups is 1. The molecule has 0 unspecified atom stereocenters. The lowest BCUT2D eigenvalue weighted by molar-refractivity contribution is -0.143. The molecule has 5 rings (SSSR count). The fourth-order valence-corrected chi connectivity index (χ4v) is 7.52. The minimum atomic E-state index is -0.244. The van der Waals surface area contributed by atoms with Crippen LogP contribution in [0.4, 0.5) is 0 Å². The first-order chi connectivity index (χ1) is 17.9. The Balaban J connectivity index is 1.34. The van der Waals surface area contributed by atoms with Crippen LogP contribution in [0, 0.1) is 17.8 Å². The summed E-state index contributed by atoms with van der Waals surface area (Å²) in [6.07, 6.45) is 12.9. The fraction of sp³-hybridized carbons (Fsp3) is 0.613. The van der Waals surface area contributed by atoms with Crippen LogP contribution < -0.4 is 0 Å². The molecule has 200 valence electrons. The fourth-order valence-electron chi connectivity index (χ4n) is 7.30. The van der Waals surface area contributed by atoms with Crippen molar-refractivity contribution >= 4 is 29.5 Å². The Bertz CT molecular complexity index is 1100. The van der Waals surface area contributed by atoms with Crippen molar-refractivity contribution in [1.29, 1.82) is 0 Å². The number of carbonyl (C=O) groups excluding carboxylic acids is 2. The van der Waals surface area contributed by atoms with Crippen LogP contribution in [0.3, 0.4) is 0 Å². The number of halogens is 1. The predicted octanol–water partition coefficient (Wildman–Crippen LogP) is 7.07. The zero-order chi connectivity index (χ0) is 26.1. The summed E-state index contributed by atoms with van der Waals surface area (Å²) in [5.74, 6) is -0.0967. The van der Waals surface area contributed by atoms with Crippen LogP contribution in [0.5, 0.6) is 5.75 Å². The van der Waals surface area contributed by atoms with E-state index in [1.165, 1.54) is 23.1 Å². The third-order valence-electron chi connectivity index (χ3n) is 9.05. The van der Waals surface area contributed by atoms with Crippen molar-refractivity contribution in [1.82, 2.24) is 4.90 Å². The van der Waals surface area contributed by atoms with Crippen LogP contribution >= 0.6 is 11.6 Å². The highest BCUT2D eigenvalue weighted by Crippen LogP contribution is 2.51. The number of phenols is 1. The van der Waals surface area contributed by atoms with Gasteiger partial charge < -0.3 is 9.84 Å². The largest absolute Gasteiger partial charge is 0.508 e. The number of hydrogen-bond acceptors (Lipinski definition) is 4. The van der Waals surface area contributed by atoms with Crippen molar-refractivity contribution in [3.8, 4) is 5.75 Å². The number of allylic oxidation sites excluding steroid dienone is 2. The molecule has 2 aliphatic heterocycles. The molecule has 0 spiro atoms. The molecule has 1 N–H and O–H groups in total. The molecule has 2 aliphatic carbocycles. The van der Waals surface area contributed by atoms with Crippen molar-refractivity contribution in [3.63, 3.8) is 0 Å². The van der Waals surface area contributed by atoms with Gasteiger partial charge in [-0.2, -0.15) is 0 Å². The highest BCUT2D eigenvalue weighted by atomic mass is 35.5. The monoisotopic (exact) mass is 525 g/mol. The average molecular weight is 526 g/mol. The van der Waals surface area contributed by atoms with Gasteiger partial charge in [0.25, 0.3) is 0 Å². The highest BCUT2D eigenvalue weighted by molar-refractivity contribution is 6.32. The van der Waals surface area contributed by atoms with E-state index in [4.69, 9.17) is 16.3 Å². The lowest BCUT2D eigenvalue weighted by Gasteiger charge is -2.31. The van der Waals surface area contributed by atoms with Gasteiger partial charge in [0, 0.05) is 12.0 Å². The molecule has 0 aromatic heterocycles. The van der Waals surface area contributed by atoms with Gasteiger partial charge >= 0.3 is 0 Å². The van der Waals surface area contributed by atoms with Gasteiger partial charge in [0.2, 0.25) is 11.8 Å². The van der Waals surface area contributed by atoms with E-state index in [-0.39, 0.29) is 47.5 Å². The number of hydrogen-bond donors (Lipinski definition) is 1. The second kappa shape index (κ2) is 11.3. The first-order valence-corrected chi connectivity index (χ1v) is 14.7. The van der Waals surface area contributed by atoms with Crippen molar-refractivity contribution in [2.75, 3.05) is 6.61 Å². The number of aromatic hydroxyl groups is 1. The number of likely N-dealkylation sites (tertiary alicyclic amines) is 1. The van der Waals surface area contributed by atoms with E-state index < -0.39 is 0 Å². The smallest absolute Gasteiger partial charge is 0.234 e. The maximum atomic E-state index is 13.7. The summed E-state index contributed by atoms with van der Waals surface area (Å²) in [4.78, 5) is 28.9. The summed E-state index contributed by atoms with van der Waals surface area (Å²) in [6, 6.07) is 5.20. The number of phenolic OH excluding ortho intramolecular Hbond substituents is 1. The van der Waals surface area contributed by atoms with Gasteiger partial charge in [-0.3, -0.25) is 14.5 Å². The van der Waals surface area contributed by atoms with Gasteiger partial charge in [0.05, 0.1) is 29.6 Å². The molecule has 0 radical (unpaired) electrons. The molecule has 1 saturated carbocycles. The third-order valence-corrected chi connectivity index (χ3v) is 9.38. The maximum absolute atomic E-state index is 13.7. The van der Waals surface area contributed by atoms with Crippen molar-refractivity contribution in [2.45, 2.75) is 96.6 Å². The number of carbonyl (C=O) groups is 2. The van der Waals surface area contributed by atoms with Crippen LogP contribution in [0.15, 0.2) is 34.9 Å². The van der Waals surface area contributed by atoms with Crippen LogP contribution in [-0.2, 0) is 14.3 Å². The summed E-state index contributed by atoms with van der Waals surface area (Å²) >= 11 is 6.37. The molecule has 2 saturated heterocycles. The van der Waals surface area contributed by atoms with Gasteiger partial charge in [-0.15, -0.1) is 0 Å². The zero-order valence-electron chi connectivity index (χ0n) is 22.2. The average Bonchev–Trinajstić information content (AvgIpc) is 3.42. The van der Waals surface area contributed by atoms with E-state index in [1.807, 2.05) is 6.07 Å². The molecule has 37 heavy (non-hydrogen) atoms. The summed E-state index contributed by atoms with van der Waals surface area (Å²) in [5.41, 5.74) is 4.88. The quantitative estimate of drug-likeness (QED) is 0.291. The van der Waals surface area contributed by atoms with Crippen LogP contribution in [0.25, 0.3) is 6.08 Å². The van der Waals surface area contributed by atoms with Crippen LogP contribution in [0.1, 0.15) is 90.0 Å². The molecule has 4 aliphatic rings. The van der Waals surface area contributed by atoms with E-state index in [2.05, 4.69) is 19.9 Å². The van der Waals surface area contributed by atoms with E-state index in [1.54, 1.807) is 17.0 Å². The van der Waals surface area contributed by atoms with E-state index >= 15 is 0 Å². The SMILES string of the molecule is CCC/C(=C\c1ccc(O)cc1Cl)CC[C@H]1OC[C@H]2C1=C(CC)C[C@H]1C(=O)N(C3CCCCC3)C(=O)[C@H]12. The summed E-state index contributed by atoms with van der Waals surface area (Å²) in [7, 11) is 0. The lowest BCUT2D eigenvalue weighted by atomic mass is 9.69. The zero-order valence-corrected chi connectivity index (χ0v) is 22.9. The lowest BCUT2D eigenvalue weighted by Crippen LogP contribution is -2.42. The highest BCUT2D eigenvalue weighted by Gasteiger charge is 2.57. The molecule has 3 fully saturated rings. The van der Waals surface area contributed by atoms with Crippen LogP contribution in [-0.4, -0.2) is 40.6 Å². The minimum absolute atomic E-state index is 0.00285. The topological polar surface area (TPSA) is 66.8 Å². The number of ether oxygens (including phenoxy) is 1. The molecular weight excluding hydrogens is 486 g/mol. The molecule has 5 nitrogen and oxygen atoms in total. The van der Waals surface area contributed by atoms with E-state index in [0.717, 1.165) is 63.4 Å². The van der Waals surface area contributed by atoms with Gasteiger partial charge in [-0.05, 0) is 74.3 Å². The number of fused-ring (bicyclic) bond motifs is 3. The van der Waals surface area contributed by atoms with Gasteiger partial charge in [-0.25, -0.2) is 0 Å². The Morgan fingerprint density at radius 3 is 2.59 bits per heavy atom. The predicted molar refractivity (Wildman–Crippen MR) is 146 cm³/mol. The summed E-state index contributed by atoms with van der Waals surface area (Å²) < 4.78 is 6.40. The Morgan fingerprint density at radius 1 is 1.11 bits per heavy atom. The molecular formula is C31H40ClNO4. The third kappa shape index (κ3) is 5.14. The second-order valence-electron chi connectivity index (χ2n) is 11.3. The van der Waals surface area contributed by atoms with Crippen molar-refractivity contribution in [2.24, 2.45) is 17.8 Å². The Hall–Kier alpha value is -2.11. The first-order valence-electron chi connectivity index (χ1n) is 14.3. The molecule has 1 aromatic rings. The van der Waals surface area contributed by atoms with E-state index in [0.29, 0.717) is 18.1 Å². The second-order valence-corrected chi connectivity index (χ2v) is 11.7. The number of amides is 2. The molecule has 0 bridgehead atoms. The number of nitrogens with zero attached hydrogens (tertiary/aromatic N) is 1. The molecule has 6 heteroatoms. The Labute approximate surface area is 225 Å². The number of benzene rings is 1. The van der Waals surface area contributed by atoms with Gasteiger partial charge in [0.1, 0.15) is 5.75 Å². The van der Waals surface area contributed by atoms with Crippen LogP contribution in [0.2, 0.25) is 5.02 Å². The Morgan fingerprint density at radius 2 is 1.89 bits per heavy atom. The molecule has 1 aromatic carbocycles. The summed E-state index contributed by atoms with van der Waals surface area (Å²) in [6.45, 7) is 4.89. The maximum Gasteiger partial charge on any atom is 0.234 e. The van der Waals surface area contributed by atoms with E-state index in [9.17, 15) is 14.7 Å². The van der Waals surface area contributed by atoms with Gasteiger partial charge in [0.15, 0.2) is 0 Å². The molecule has 2 heterocycles. The summed E-state index contributed by atoms with van der Waals surface area (Å²) in [5, 5.41) is 10.2. The van der Waals surface area contributed by atoms with Crippen molar-refractivity contribution in [3.05, 3.63) is 45.5 Å². The number of rotatable bonds is 8. The molecule has 4 atom stereocenters. The molecule has 2 amide bonds. The standard InChI is InChI=1S/C31H40ClNO4/c1-3-8-19(15-21-12-13-23(34)17-26(21)32)11-14-27-28-20(4-2)16-24-29(25(28)18-37-27)31(36)33(30(24)35)22-9-6-5-7-10-22/h12-13,15,17,22,24-25,27,29,34H,3-11,14,16,18H2,1-2H3/b19-15+/t24-,25+,27-,29-/m1/s1. The van der Waals surface area contributed by atoms with Crippen molar-refractivity contribution < 1.29 is 19.4 Å². The van der Waals surface area contributed by atoms with Gasteiger partial charge in [-0.1, -0.05) is 68.4 Å². The first kappa shape index (κ1) is 26.5. The minimum Gasteiger partial charge on any atom is -0.508 e.